The van der Waals surface area contributed by atoms with E-state index in [9.17, 15) is 18.0 Å². The number of carbonyl (C=O) groups excluding carboxylic acids is 2. The van der Waals surface area contributed by atoms with Crippen molar-refractivity contribution in [3.05, 3.63) is 65.9 Å². The van der Waals surface area contributed by atoms with Crippen molar-refractivity contribution in [2.45, 2.75) is 32.8 Å². The summed E-state index contributed by atoms with van der Waals surface area (Å²) in [4.78, 5) is 27.2. The van der Waals surface area contributed by atoms with Gasteiger partial charge < -0.3 is 19.5 Å². The summed E-state index contributed by atoms with van der Waals surface area (Å²) in [6.07, 6.45) is -1.09. The van der Waals surface area contributed by atoms with E-state index in [0.717, 1.165) is 48.6 Å². The van der Waals surface area contributed by atoms with Crippen molar-refractivity contribution in [3.8, 4) is 11.4 Å². The first kappa shape index (κ1) is 33.7. The molecule has 1 saturated heterocycles. The first-order valence-electron chi connectivity index (χ1n) is 14.5. The Kier molecular flexibility index (Phi) is 11.0. The highest BCUT2D eigenvalue weighted by Crippen LogP contribution is 2.27. The normalized spacial score (nSPS) is 14.2. The molecule has 1 aromatic heterocycles. The minimum absolute atomic E-state index is 0.146. The van der Waals surface area contributed by atoms with Crippen molar-refractivity contribution in [1.82, 2.24) is 23.7 Å². The molecule has 45 heavy (non-hydrogen) atoms. The van der Waals surface area contributed by atoms with Gasteiger partial charge in [-0.2, -0.15) is 17.8 Å². The average molecular weight is 644 g/mol. The summed E-state index contributed by atoms with van der Waals surface area (Å²) in [7, 11) is -1.36. The minimum Gasteiger partial charge on any atom is -0.492 e. The van der Waals surface area contributed by atoms with Crippen LogP contribution in [0.3, 0.4) is 0 Å². The first-order chi connectivity index (χ1) is 21.3. The van der Waals surface area contributed by atoms with E-state index in [0.29, 0.717) is 29.4 Å². The standard InChI is InChI=1S/C30H41N7O7S/c1-30(2,3)26-20-27(32-28(38)31-23-8-12-25(13-9-23)43-19-16-36-14-17-42-18-15-36)37(33-26)24-10-6-22(7-11-24)21-44-29(39)34-45(40,41)35(4)5/h6-13,20H,14-19,21H2,1-5H3,(H,34,39)(H2,31,32,38). The molecule has 244 valence electrons. The van der Waals surface area contributed by atoms with E-state index >= 15 is 0 Å². The topological polar surface area (TPSA) is 156 Å². The molecule has 0 bridgehead atoms. The maximum Gasteiger partial charge on any atom is 0.422 e. The molecule has 0 unspecified atom stereocenters. The number of hydrogen-bond acceptors (Lipinski definition) is 9. The Morgan fingerprint density at radius 3 is 2.29 bits per heavy atom. The number of carbonyl (C=O) groups is 2. The van der Waals surface area contributed by atoms with Gasteiger partial charge >= 0.3 is 22.3 Å². The smallest absolute Gasteiger partial charge is 0.422 e. The predicted octanol–water partition coefficient (Wildman–Crippen LogP) is 3.56. The van der Waals surface area contributed by atoms with Gasteiger partial charge in [0.2, 0.25) is 0 Å². The van der Waals surface area contributed by atoms with Gasteiger partial charge in [0, 0.05) is 50.9 Å². The van der Waals surface area contributed by atoms with Gasteiger partial charge in [0.15, 0.2) is 0 Å². The van der Waals surface area contributed by atoms with Gasteiger partial charge in [0.25, 0.3) is 0 Å². The lowest BCUT2D eigenvalue weighted by atomic mass is 9.92. The van der Waals surface area contributed by atoms with Crippen LogP contribution in [0, 0.1) is 0 Å². The molecule has 3 amide bonds. The van der Waals surface area contributed by atoms with Crippen molar-refractivity contribution in [2.75, 3.05) is 64.2 Å². The molecule has 0 aliphatic carbocycles. The summed E-state index contributed by atoms with van der Waals surface area (Å²) >= 11 is 0. The molecule has 1 aliphatic rings. The van der Waals surface area contributed by atoms with Crippen molar-refractivity contribution >= 4 is 33.8 Å². The molecule has 2 heterocycles. The Hall–Kier alpha value is -4.18. The van der Waals surface area contributed by atoms with Crippen molar-refractivity contribution in [1.29, 1.82) is 0 Å². The third-order valence-corrected chi connectivity index (χ3v) is 8.24. The zero-order valence-electron chi connectivity index (χ0n) is 26.2. The van der Waals surface area contributed by atoms with E-state index in [1.165, 1.54) is 14.1 Å². The summed E-state index contributed by atoms with van der Waals surface area (Å²) in [5.74, 6) is 1.17. The lowest BCUT2D eigenvalue weighted by molar-refractivity contribution is 0.0322. The fourth-order valence-corrected chi connectivity index (χ4v) is 4.62. The van der Waals surface area contributed by atoms with E-state index in [1.807, 2.05) is 43.7 Å². The Morgan fingerprint density at radius 1 is 1.00 bits per heavy atom. The molecular weight excluding hydrogens is 602 g/mol. The molecule has 2 aromatic carbocycles. The zero-order chi connectivity index (χ0) is 32.6. The number of rotatable bonds is 11. The molecule has 14 nitrogen and oxygen atoms in total. The SMILES string of the molecule is CN(C)S(=O)(=O)NC(=O)OCc1ccc(-n2nc(C(C)(C)C)cc2NC(=O)Nc2ccc(OCCN3CCOCC3)cc2)cc1. The highest BCUT2D eigenvalue weighted by molar-refractivity contribution is 7.87. The molecular formula is C30H41N7O7S. The van der Waals surface area contributed by atoms with Gasteiger partial charge in [-0.25, -0.2) is 19.0 Å². The third-order valence-electron chi connectivity index (χ3n) is 6.86. The maximum atomic E-state index is 13.0. The molecule has 0 radical (unpaired) electrons. The van der Waals surface area contributed by atoms with Crippen molar-refractivity contribution < 1.29 is 32.2 Å². The van der Waals surface area contributed by atoms with Crippen LogP contribution in [0.4, 0.5) is 21.1 Å². The quantitative estimate of drug-likeness (QED) is 0.284. The minimum atomic E-state index is -3.95. The molecule has 0 spiro atoms. The van der Waals surface area contributed by atoms with E-state index < -0.39 is 22.3 Å². The highest BCUT2D eigenvalue weighted by atomic mass is 32.2. The Balaban J connectivity index is 1.36. The number of ether oxygens (including phenoxy) is 3. The van der Waals surface area contributed by atoms with Crippen molar-refractivity contribution in [2.24, 2.45) is 0 Å². The van der Waals surface area contributed by atoms with Gasteiger partial charge in [-0.05, 0) is 42.0 Å². The number of amides is 3. The predicted molar refractivity (Wildman–Crippen MR) is 170 cm³/mol. The van der Waals surface area contributed by atoms with Crippen LogP contribution in [0.2, 0.25) is 0 Å². The number of urea groups is 1. The van der Waals surface area contributed by atoms with Gasteiger partial charge in [0.1, 0.15) is 24.8 Å². The Bertz CT molecular complexity index is 1540. The van der Waals surface area contributed by atoms with E-state index in [2.05, 4.69) is 15.5 Å². The number of anilines is 2. The molecule has 0 atom stereocenters. The summed E-state index contributed by atoms with van der Waals surface area (Å²) in [6, 6.07) is 15.5. The average Bonchev–Trinajstić information content (AvgIpc) is 3.42. The second-order valence-corrected chi connectivity index (χ2v) is 13.5. The first-order valence-corrected chi connectivity index (χ1v) is 15.9. The van der Waals surface area contributed by atoms with Crippen LogP contribution < -0.4 is 20.1 Å². The third kappa shape index (κ3) is 9.91. The van der Waals surface area contributed by atoms with Gasteiger partial charge in [-0.1, -0.05) is 32.9 Å². The maximum absolute atomic E-state index is 13.0. The molecule has 3 aromatic rings. The number of aromatic nitrogens is 2. The van der Waals surface area contributed by atoms with Crippen LogP contribution in [-0.2, 0) is 31.7 Å². The lowest BCUT2D eigenvalue weighted by Gasteiger charge is -2.26. The summed E-state index contributed by atoms with van der Waals surface area (Å²) in [6.45, 7) is 10.6. The Labute approximate surface area is 263 Å². The van der Waals surface area contributed by atoms with Crippen LogP contribution in [0.1, 0.15) is 32.0 Å². The zero-order valence-corrected chi connectivity index (χ0v) is 27.0. The largest absolute Gasteiger partial charge is 0.492 e. The van der Waals surface area contributed by atoms with Gasteiger partial charge in [-0.3, -0.25) is 10.2 Å². The molecule has 15 heteroatoms. The molecule has 4 rings (SSSR count). The highest BCUT2D eigenvalue weighted by Gasteiger charge is 2.22. The van der Waals surface area contributed by atoms with Gasteiger partial charge in [-0.15, -0.1) is 0 Å². The molecule has 1 fully saturated rings. The second-order valence-electron chi connectivity index (χ2n) is 11.6. The number of nitrogens with one attached hydrogen (secondary N) is 3. The van der Waals surface area contributed by atoms with Crippen LogP contribution in [-0.4, -0.2) is 93.1 Å². The Morgan fingerprint density at radius 2 is 1.67 bits per heavy atom. The van der Waals surface area contributed by atoms with Crippen molar-refractivity contribution in [3.63, 3.8) is 0 Å². The van der Waals surface area contributed by atoms with Crippen LogP contribution >= 0.6 is 0 Å². The lowest BCUT2D eigenvalue weighted by Crippen LogP contribution is -2.39. The monoisotopic (exact) mass is 643 g/mol. The fraction of sp³-hybridized carbons (Fsp3) is 0.433. The number of hydrogen-bond donors (Lipinski definition) is 3. The summed E-state index contributed by atoms with van der Waals surface area (Å²) in [5, 5.41) is 10.5. The fourth-order valence-electron chi connectivity index (χ4n) is 4.17. The number of benzene rings is 2. The summed E-state index contributed by atoms with van der Waals surface area (Å²) in [5.41, 5.74) is 2.36. The number of nitrogens with zero attached hydrogens (tertiary/aromatic N) is 4. The van der Waals surface area contributed by atoms with Crippen LogP contribution in [0.5, 0.6) is 5.75 Å². The van der Waals surface area contributed by atoms with E-state index in [4.69, 9.17) is 19.3 Å². The van der Waals surface area contributed by atoms with E-state index in [-0.39, 0.29) is 12.0 Å². The number of morpholine rings is 1. The van der Waals surface area contributed by atoms with Crippen LogP contribution in [0.15, 0.2) is 54.6 Å². The summed E-state index contributed by atoms with van der Waals surface area (Å²) < 4.78 is 44.1. The second kappa shape index (κ2) is 14.7. The van der Waals surface area contributed by atoms with E-state index in [1.54, 1.807) is 41.1 Å². The molecule has 3 N–H and O–H groups in total. The molecule has 1 aliphatic heterocycles. The van der Waals surface area contributed by atoms with Gasteiger partial charge in [0.05, 0.1) is 24.6 Å². The van der Waals surface area contributed by atoms with Crippen LogP contribution in [0.25, 0.3) is 5.69 Å². The molecule has 0 saturated carbocycles.